The minimum atomic E-state index is 0.111. The number of benzene rings is 4. The molecule has 2 nitrogen and oxygen atoms in total. The summed E-state index contributed by atoms with van der Waals surface area (Å²) in [5.41, 5.74) is 2.24. The van der Waals surface area contributed by atoms with Gasteiger partial charge in [0.05, 0.1) is 0 Å². The van der Waals surface area contributed by atoms with Gasteiger partial charge in [-0.1, -0.05) is 79.7 Å². The summed E-state index contributed by atoms with van der Waals surface area (Å²) in [5.74, 6) is 3.48. The van der Waals surface area contributed by atoms with Crippen molar-refractivity contribution in [1.82, 2.24) is 0 Å². The lowest BCUT2D eigenvalue weighted by molar-refractivity contribution is 0.465. The Hall–Kier alpha value is -3.52. The molecule has 0 aliphatic rings. The summed E-state index contributed by atoms with van der Waals surface area (Å²) in [5, 5.41) is 0. The van der Waals surface area contributed by atoms with Crippen LogP contribution in [0.2, 0.25) is 0 Å². The molecule has 0 unspecified atom stereocenters. The lowest BCUT2D eigenvalue weighted by atomic mass is 9.91. The number of rotatable bonds is 6. The van der Waals surface area contributed by atoms with E-state index in [2.05, 4.69) is 19.1 Å². The molecular formula is C26H22O2. The van der Waals surface area contributed by atoms with Crippen LogP contribution < -0.4 is 9.47 Å². The molecule has 0 fully saturated rings. The van der Waals surface area contributed by atoms with E-state index in [1.807, 2.05) is 97.1 Å². The van der Waals surface area contributed by atoms with E-state index in [9.17, 15) is 0 Å². The van der Waals surface area contributed by atoms with Gasteiger partial charge in [-0.3, -0.25) is 0 Å². The quantitative estimate of drug-likeness (QED) is 0.353. The fourth-order valence-electron chi connectivity index (χ4n) is 3.26. The lowest BCUT2D eigenvalue weighted by Gasteiger charge is -2.20. The predicted molar refractivity (Wildman–Crippen MR) is 113 cm³/mol. The predicted octanol–water partition coefficient (Wildman–Crippen LogP) is 7.42. The summed E-state index contributed by atoms with van der Waals surface area (Å²) < 4.78 is 12.3. The van der Waals surface area contributed by atoms with Crippen molar-refractivity contribution in [3.8, 4) is 23.0 Å². The van der Waals surface area contributed by atoms with Gasteiger partial charge in [0.15, 0.2) is 0 Å². The first-order valence-corrected chi connectivity index (χ1v) is 9.45. The van der Waals surface area contributed by atoms with Crippen LogP contribution in [0.15, 0.2) is 109 Å². The average molecular weight is 366 g/mol. The van der Waals surface area contributed by atoms with E-state index in [1.165, 1.54) is 0 Å². The average Bonchev–Trinajstić information content (AvgIpc) is 2.76. The highest BCUT2D eigenvalue weighted by Crippen LogP contribution is 2.38. The summed E-state index contributed by atoms with van der Waals surface area (Å²) in [7, 11) is 0. The normalized spacial score (nSPS) is 10.6. The van der Waals surface area contributed by atoms with Crippen LogP contribution in [0.4, 0.5) is 0 Å². The van der Waals surface area contributed by atoms with Gasteiger partial charge in [-0.15, -0.1) is 0 Å². The second-order valence-corrected chi connectivity index (χ2v) is 6.63. The lowest BCUT2D eigenvalue weighted by Crippen LogP contribution is -2.01. The van der Waals surface area contributed by atoms with Gasteiger partial charge in [-0.05, 0) is 36.4 Å². The Labute approximate surface area is 166 Å². The maximum absolute atomic E-state index is 6.17. The molecule has 0 saturated carbocycles. The van der Waals surface area contributed by atoms with Crippen molar-refractivity contribution in [2.75, 3.05) is 0 Å². The van der Waals surface area contributed by atoms with Crippen LogP contribution >= 0.6 is 0 Å². The smallest absolute Gasteiger partial charge is 0.131 e. The first-order valence-electron chi connectivity index (χ1n) is 9.45. The summed E-state index contributed by atoms with van der Waals surface area (Å²) in [6, 6.07) is 36.1. The van der Waals surface area contributed by atoms with Crippen molar-refractivity contribution in [3.05, 3.63) is 120 Å². The van der Waals surface area contributed by atoms with Crippen LogP contribution in [0.1, 0.15) is 24.0 Å². The van der Waals surface area contributed by atoms with E-state index in [-0.39, 0.29) is 5.92 Å². The molecule has 4 aromatic carbocycles. The van der Waals surface area contributed by atoms with Gasteiger partial charge in [0.1, 0.15) is 23.0 Å². The highest BCUT2D eigenvalue weighted by molar-refractivity contribution is 5.48. The van der Waals surface area contributed by atoms with E-state index in [4.69, 9.17) is 9.47 Å². The maximum atomic E-state index is 6.17. The van der Waals surface area contributed by atoms with Crippen LogP contribution in [0.25, 0.3) is 0 Å². The van der Waals surface area contributed by atoms with Gasteiger partial charge >= 0.3 is 0 Å². The van der Waals surface area contributed by atoms with Crippen molar-refractivity contribution in [2.45, 2.75) is 12.8 Å². The molecule has 2 heteroatoms. The van der Waals surface area contributed by atoms with Gasteiger partial charge in [-0.25, -0.2) is 0 Å². The molecule has 0 saturated heterocycles. The van der Waals surface area contributed by atoms with Crippen molar-refractivity contribution in [1.29, 1.82) is 0 Å². The first kappa shape index (κ1) is 17.9. The zero-order valence-electron chi connectivity index (χ0n) is 15.8. The van der Waals surface area contributed by atoms with Crippen molar-refractivity contribution in [2.24, 2.45) is 0 Å². The largest absolute Gasteiger partial charge is 0.457 e. The van der Waals surface area contributed by atoms with Crippen LogP contribution in [0.3, 0.4) is 0 Å². The SMILES string of the molecule is CC(c1ccccc1Oc1ccccc1)c1ccccc1Oc1ccccc1. The zero-order chi connectivity index (χ0) is 19.2. The van der Waals surface area contributed by atoms with E-state index in [0.717, 1.165) is 34.1 Å². The van der Waals surface area contributed by atoms with Gasteiger partial charge in [-0.2, -0.15) is 0 Å². The number of hydrogen-bond acceptors (Lipinski definition) is 2. The van der Waals surface area contributed by atoms with E-state index in [0.29, 0.717) is 0 Å². The fraction of sp³-hybridized carbons (Fsp3) is 0.0769. The molecule has 0 bridgehead atoms. The van der Waals surface area contributed by atoms with Crippen molar-refractivity contribution >= 4 is 0 Å². The molecule has 0 radical (unpaired) electrons. The zero-order valence-corrected chi connectivity index (χ0v) is 15.8. The highest BCUT2D eigenvalue weighted by Gasteiger charge is 2.18. The Balaban J connectivity index is 1.66. The van der Waals surface area contributed by atoms with Gasteiger partial charge in [0, 0.05) is 17.0 Å². The molecule has 138 valence electrons. The summed E-state index contributed by atoms with van der Waals surface area (Å²) in [6.45, 7) is 2.18. The Morgan fingerprint density at radius 2 is 0.821 bits per heavy atom. The Morgan fingerprint density at radius 1 is 0.464 bits per heavy atom. The van der Waals surface area contributed by atoms with Crippen LogP contribution in [0.5, 0.6) is 23.0 Å². The van der Waals surface area contributed by atoms with E-state index < -0.39 is 0 Å². The molecule has 0 aromatic heterocycles. The summed E-state index contributed by atoms with van der Waals surface area (Å²) in [4.78, 5) is 0. The molecule has 0 amide bonds. The Morgan fingerprint density at radius 3 is 1.25 bits per heavy atom. The standard InChI is InChI=1S/C26H22O2/c1-20(23-16-8-10-18-25(23)27-21-12-4-2-5-13-21)24-17-9-11-19-26(24)28-22-14-6-3-7-15-22/h2-20H,1H3. The molecule has 28 heavy (non-hydrogen) atoms. The van der Waals surface area contributed by atoms with Crippen LogP contribution in [-0.4, -0.2) is 0 Å². The summed E-state index contributed by atoms with van der Waals surface area (Å²) in [6.07, 6.45) is 0. The monoisotopic (exact) mass is 366 g/mol. The highest BCUT2D eigenvalue weighted by atomic mass is 16.5. The van der Waals surface area contributed by atoms with E-state index in [1.54, 1.807) is 0 Å². The molecule has 0 spiro atoms. The number of ether oxygens (including phenoxy) is 2. The molecule has 0 N–H and O–H groups in total. The Kier molecular flexibility index (Phi) is 5.39. The number of hydrogen-bond donors (Lipinski definition) is 0. The molecule has 0 heterocycles. The second kappa shape index (κ2) is 8.45. The maximum Gasteiger partial charge on any atom is 0.131 e. The third-order valence-electron chi connectivity index (χ3n) is 4.71. The third kappa shape index (κ3) is 4.07. The second-order valence-electron chi connectivity index (χ2n) is 6.63. The van der Waals surface area contributed by atoms with Crippen molar-refractivity contribution in [3.63, 3.8) is 0 Å². The molecule has 0 aliphatic heterocycles. The third-order valence-corrected chi connectivity index (χ3v) is 4.71. The van der Waals surface area contributed by atoms with Gasteiger partial charge in [0.25, 0.3) is 0 Å². The molecule has 0 atom stereocenters. The minimum Gasteiger partial charge on any atom is -0.457 e. The molecular weight excluding hydrogens is 344 g/mol. The topological polar surface area (TPSA) is 18.5 Å². The van der Waals surface area contributed by atoms with Gasteiger partial charge < -0.3 is 9.47 Å². The van der Waals surface area contributed by atoms with Gasteiger partial charge in [0.2, 0.25) is 0 Å². The first-order chi connectivity index (χ1) is 13.8. The fourth-order valence-corrected chi connectivity index (χ4v) is 3.26. The molecule has 0 aliphatic carbocycles. The number of para-hydroxylation sites is 4. The summed E-state index contributed by atoms with van der Waals surface area (Å²) >= 11 is 0. The molecule has 4 rings (SSSR count). The Bertz CT molecular complexity index is 941. The molecule has 4 aromatic rings. The van der Waals surface area contributed by atoms with Crippen LogP contribution in [0, 0.1) is 0 Å². The van der Waals surface area contributed by atoms with Crippen LogP contribution in [-0.2, 0) is 0 Å². The van der Waals surface area contributed by atoms with Crippen molar-refractivity contribution < 1.29 is 9.47 Å². The van der Waals surface area contributed by atoms with E-state index >= 15 is 0 Å². The minimum absolute atomic E-state index is 0.111.